The van der Waals surface area contributed by atoms with Gasteiger partial charge in [0, 0.05) is 6.20 Å². The molecule has 1 heterocycles. The van der Waals surface area contributed by atoms with Gasteiger partial charge in [-0.2, -0.15) is 0 Å². The van der Waals surface area contributed by atoms with Crippen LogP contribution < -0.4 is 5.73 Å². The second-order valence-electron chi connectivity index (χ2n) is 2.16. The number of carbonyl (C=O) groups is 1. The minimum atomic E-state index is -0.944. The first-order chi connectivity index (χ1) is 6.11. The summed E-state index contributed by atoms with van der Waals surface area (Å²) in [4.78, 5) is 13.9. The fourth-order valence-electron chi connectivity index (χ4n) is 0.700. The van der Waals surface area contributed by atoms with Crippen molar-refractivity contribution in [3.63, 3.8) is 0 Å². The van der Waals surface area contributed by atoms with Crippen molar-refractivity contribution < 1.29 is 13.9 Å². The molecule has 0 saturated heterocycles. The highest BCUT2D eigenvalue weighted by Crippen LogP contribution is 2.12. The van der Waals surface area contributed by atoms with Crippen molar-refractivity contribution in [2.75, 3.05) is 0 Å². The summed E-state index contributed by atoms with van der Waals surface area (Å²) in [5, 5.41) is 0. The molecule has 70 valence electrons. The number of pyridine rings is 1. The normalized spacial score (nSPS) is 9.69. The maximum Gasteiger partial charge on any atom is 0.404 e. The first-order valence-electron chi connectivity index (χ1n) is 3.32. The zero-order valence-electron chi connectivity index (χ0n) is 6.46. The zero-order chi connectivity index (χ0) is 9.84. The summed E-state index contributed by atoms with van der Waals surface area (Å²) < 4.78 is 18.0. The van der Waals surface area contributed by atoms with E-state index in [0.717, 1.165) is 0 Å². The molecular formula is C7H6FIN2O2. The highest BCUT2D eigenvalue weighted by atomic mass is 127. The smallest absolute Gasteiger partial charge is 0.404 e. The lowest BCUT2D eigenvalue weighted by molar-refractivity contribution is 0.147. The molecule has 0 radical (unpaired) electrons. The minimum Gasteiger partial charge on any atom is -0.443 e. The first kappa shape index (κ1) is 10.2. The second-order valence-corrected chi connectivity index (χ2v) is 3.32. The largest absolute Gasteiger partial charge is 0.443 e. The van der Waals surface area contributed by atoms with Crippen molar-refractivity contribution in [1.29, 1.82) is 0 Å². The van der Waals surface area contributed by atoms with E-state index in [-0.39, 0.29) is 12.3 Å². The van der Waals surface area contributed by atoms with Gasteiger partial charge in [0.05, 0.1) is 3.57 Å². The molecule has 0 bridgehead atoms. The molecule has 13 heavy (non-hydrogen) atoms. The highest BCUT2D eigenvalue weighted by Gasteiger charge is 2.08. The second kappa shape index (κ2) is 4.35. The Bertz CT molecular complexity index is 332. The van der Waals surface area contributed by atoms with E-state index in [4.69, 9.17) is 5.73 Å². The molecule has 0 fully saturated rings. The first-order valence-corrected chi connectivity index (χ1v) is 4.40. The molecule has 0 aromatic carbocycles. The fraction of sp³-hybridized carbons (Fsp3) is 0.143. The Morgan fingerprint density at radius 2 is 2.46 bits per heavy atom. The Morgan fingerprint density at radius 3 is 3.08 bits per heavy atom. The molecule has 4 nitrogen and oxygen atoms in total. The van der Waals surface area contributed by atoms with Gasteiger partial charge in [0.2, 0.25) is 0 Å². The van der Waals surface area contributed by atoms with Crippen LogP contribution in [0.15, 0.2) is 12.3 Å². The van der Waals surface area contributed by atoms with Crippen molar-refractivity contribution in [2.45, 2.75) is 6.61 Å². The third kappa shape index (κ3) is 2.79. The summed E-state index contributed by atoms with van der Waals surface area (Å²) >= 11 is 1.82. The van der Waals surface area contributed by atoms with Crippen LogP contribution in [0.25, 0.3) is 0 Å². The molecule has 0 aliphatic heterocycles. The van der Waals surface area contributed by atoms with E-state index >= 15 is 0 Å². The number of primary amides is 1. The number of hydrogen-bond donors (Lipinski definition) is 1. The minimum absolute atomic E-state index is 0.0747. The number of carbonyl (C=O) groups excluding carboxylic acids is 1. The predicted molar refractivity (Wildman–Crippen MR) is 51.3 cm³/mol. The van der Waals surface area contributed by atoms with Crippen molar-refractivity contribution in [1.82, 2.24) is 4.98 Å². The molecule has 1 rings (SSSR count). The van der Waals surface area contributed by atoms with Crippen LogP contribution in [0.3, 0.4) is 0 Å². The highest BCUT2D eigenvalue weighted by molar-refractivity contribution is 14.1. The van der Waals surface area contributed by atoms with Crippen LogP contribution in [0, 0.1) is 9.39 Å². The number of nitrogens with zero attached hydrogens (tertiary/aromatic N) is 1. The van der Waals surface area contributed by atoms with Crippen LogP contribution in [-0.4, -0.2) is 11.1 Å². The number of hydrogen-bond acceptors (Lipinski definition) is 3. The topological polar surface area (TPSA) is 65.2 Å². The van der Waals surface area contributed by atoms with Crippen LogP contribution in [-0.2, 0) is 11.3 Å². The van der Waals surface area contributed by atoms with Crippen molar-refractivity contribution >= 4 is 28.7 Å². The van der Waals surface area contributed by atoms with E-state index in [1.807, 2.05) is 22.6 Å². The van der Waals surface area contributed by atoms with E-state index < -0.39 is 11.9 Å². The number of rotatable bonds is 2. The summed E-state index contributed by atoms with van der Waals surface area (Å²) in [5.74, 6) is -0.482. The molecule has 1 aromatic heterocycles. The van der Waals surface area contributed by atoms with Crippen molar-refractivity contribution in [2.24, 2.45) is 5.73 Å². The molecule has 0 saturated carbocycles. The number of ether oxygens (including phenoxy) is 1. The van der Waals surface area contributed by atoms with Gasteiger partial charge in [0.15, 0.2) is 5.82 Å². The molecular weight excluding hydrogens is 290 g/mol. The lowest BCUT2D eigenvalue weighted by Gasteiger charge is -2.02. The van der Waals surface area contributed by atoms with E-state index in [2.05, 4.69) is 9.72 Å². The molecule has 0 atom stereocenters. The third-order valence-electron chi connectivity index (χ3n) is 1.27. The summed E-state index contributed by atoms with van der Waals surface area (Å²) in [6.45, 7) is -0.238. The Hall–Kier alpha value is -0.920. The van der Waals surface area contributed by atoms with Crippen LogP contribution in [0.4, 0.5) is 9.18 Å². The maximum atomic E-state index is 13.1. The van der Waals surface area contributed by atoms with E-state index in [9.17, 15) is 9.18 Å². The SMILES string of the molecule is NC(=O)OCc1nccc(I)c1F. The molecule has 1 amide bonds. The zero-order valence-corrected chi connectivity index (χ0v) is 8.62. The number of nitrogens with two attached hydrogens (primary N) is 1. The summed E-state index contributed by atoms with van der Waals surface area (Å²) in [6, 6.07) is 1.52. The molecule has 1 aromatic rings. The Labute approximate surface area is 87.4 Å². The standard InChI is InChI=1S/C7H6FIN2O2/c8-6-4(9)1-2-11-5(6)3-13-7(10)12/h1-2H,3H2,(H2,10,12). The Kier molecular flexibility index (Phi) is 3.40. The summed E-state index contributed by atoms with van der Waals surface area (Å²) in [6.07, 6.45) is 0.491. The summed E-state index contributed by atoms with van der Waals surface area (Å²) in [5.41, 5.74) is 4.79. The van der Waals surface area contributed by atoms with Crippen LogP contribution in [0.1, 0.15) is 5.69 Å². The maximum absolute atomic E-state index is 13.1. The van der Waals surface area contributed by atoms with Gasteiger partial charge in [0.1, 0.15) is 12.3 Å². The van der Waals surface area contributed by atoms with E-state index in [1.54, 1.807) is 0 Å². The Morgan fingerprint density at radius 1 is 1.77 bits per heavy atom. The molecule has 0 aliphatic carbocycles. The van der Waals surface area contributed by atoms with Gasteiger partial charge in [-0.1, -0.05) is 0 Å². The average Bonchev–Trinajstić information content (AvgIpc) is 2.07. The van der Waals surface area contributed by atoms with E-state index in [1.165, 1.54) is 12.3 Å². The van der Waals surface area contributed by atoms with Gasteiger partial charge >= 0.3 is 6.09 Å². The predicted octanol–water partition coefficient (Wildman–Crippen LogP) is 1.42. The lowest BCUT2D eigenvalue weighted by Crippen LogP contribution is -2.14. The quantitative estimate of drug-likeness (QED) is 0.839. The number of halogens is 2. The van der Waals surface area contributed by atoms with Crippen LogP contribution >= 0.6 is 22.6 Å². The molecule has 0 spiro atoms. The van der Waals surface area contributed by atoms with Gasteiger partial charge in [-0.25, -0.2) is 9.18 Å². The number of aromatic nitrogens is 1. The van der Waals surface area contributed by atoms with Gasteiger partial charge in [0.25, 0.3) is 0 Å². The average molecular weight is 296 g/mol. The van der Waals surface area contributed by atoms with Crippen LogP contribution in [0.5, 0.6) is 0 Å². The Balaban J connectivity index is 2.77. The molecule has 0 unspecified atom stereocenters. The molecule has 0 aliphatic rings. The lowest BCUT2D eigenvalue weighted by atomic mass is 10.3. The van der Waals surface area contributed by atoms with Crippen molar-refractivity contribution in [3.8, 4) is 0 Å². The molecule has 2 N–H and O–H groups in total. The van der Waals surface area contributed by atoms with Gasteiger partial charge in [-0.3, -0.25) is 4.98 Å². The van der Waals surface area contributed by atoms with Gasteiger partial charge in [-0.05, 0) is 28.7 Å². The third-order valence-corrected chi connectivity index (χ3v) is 2.10. The van der Waals surface area contributed by atoms with Gasteiger partial charge < -0.3 is 10.5 Å². The monoisotopic (exact) mass is 296 g/mol. The molecule has 6 heteroatoms. The number of amides is 1. The van der Waals surface area contributed by atoms with E-state index in [0.29, 0.717) is 3.57 Å². The summed E-state index contributed by atoms with van der Waals surface area (Å²) in [7, 11) is 0. The van der Waals surface area contributed by atoms with Crippen molar-refractivity contribution in [3.05, 3.63) is 27.3 Å². The van der Waals surface area contributed by atoms with Crippen LogP contribution in [0.2, 0.25) is 0 Å². The fourth-order valence-corrected chi connectivity index (χ4v) is 1.17. The van der Waals surface area contributed by atoms with Gasteiger partial charge in [-0.15, -0.1) is 0 Å².